The Morgan fingerprint density at radius 1 is 1.05 bits per heavy atom. The third-order valence-corrected chi connectivity index (χ3v) is 2.70. The molecular formula is C14H18N2O5. The van der Waals surface area contributed by atoms with Crippen molar-refractivity contribution >= 4 is 17.8 Å². The van der Waals surface area contributed by atoms with E-state index in [2.05, 4.69) is 10.6 Å². The molecule has 0 aromatic heterocycles. The highest BCUT2D eigenvalue weighted by Gasteiger charge is 2.12. The van der Waals surface area contributed by atoms with Crippen LogP contribution in [-0.4, -0.2) is 47.2 Å². The standard InChI is InChI=1S/C14H18N2O5/c17-11(14(20)21)6-8-15-12(18)7-9-16-13(19)10-4-2-1-3-5-10/h1-5,11,17H,6-9H2,(H,15,18)(H,16,19)(H,20,21)/t11-/m0/s1. The number of aliphatic hydroxyl groups is 1. The molecule has 0 heterocycles. The van der Waals surface area contributed by atoms with E-state index in [4.69, 9.17) is 10.2 Å². The Bertz CT molecular complexity index is 489. The van der Waals surface area contributed by atoms with Crippen molar-refractivity contribution in [1.82, 2.24) is 10.6 Å². The third-order valence-electron chi connectivity index (χ3n) is 2.70. The highest BCUT2D eigenvalue weighted by Crippen LogP contribution is 1.97. The SMILES string of the molecule is O=C(CCNC(=O)c1ccccc1)NCC[C@H](O)C(=O)O. The number of carboxylic acids is 1. The Balaban J connectivity index is 2.16. The van der Waals surface area contributed by atoms with Crippen LogP contribution in [0, 0.1) is 0 Å². The lowest BCUT2D eigenvalue weighted by Gasteiger charge is -2.08. The van der Waals surface area contributed by atoms with E-state index in [1.807, 2.05) is 0 Å². The number of rotatable bonds is 8. The molecule has 0 unspecified atom stereocenters. The summed E-state index contributed by atoms with van der Waals surface area (Å²) in [7, 11) is 0. The first-order valence-corrected chi connectivity index (χ1v) is 6.51. The summed E-state index contributed by atoms with van der Waals surface area (Å²) < 4.78 is 0. The smallest absolute Gasteiger partial charge is 0.332 e. The first-order valence-electron chi connectivity index (χ1n) is 6.51. The van der Waals surface area contributed by atoms with Gasteiger partial charge in [-0.05, 0) is 12.1 Å². The number of carbonyl (C=O) groups is 3. The summed E-state index contributed by atoms with van der Waals surface area (Å²) >= 11 is 0. The average Bonchev–Trinajstić information content (AvgIpc) is 2.47. The number of nitrogens with one attached hydrogen (secondary N) is 2. The Morgan fingerprint density at radius 2 is 1.71 bits per heavy atom. The monoisotopic (exact) mass is 294 g/mol. The van der Waals surface area contributed by atoms with E-state index in [-0.39, 0.29) is 37.7 Å². The van der Waals surface area contributed by atoms with Gasteiger partial charge in [0.1, 0.15) is 0 Å². The number of amides is 2. The number of aliphatic hydroxyl groups excluding tert-OH is 1. The van der Waals surface area contributed by atoms with Gasteiger partial charge in [-0.2, -0.15) is 0 Å². The quantitative estimate of drug-likeness (QED) is 0.528. The maximum atomic E-state index is 11.7. The molecular weight excluding hydrogens is 276 g/mol. The van der Waals surface area contributed by atoms with Gasteiger partial charge in [0.15, 0.2) is 6.10 Å². The summed E-state index contributed by atoms with van der Waals surface area (Å²) in [5, 5.41) is 22.5. The predicted octanol–water partition coefficient (Wildman–Crippen LogP) is -0.242. The average molecular weight is 294 g/mol. The van der Waals surface area contributed by atoms with Crippen LogP contribution in [0.25, 0.3) is 0 Å². The molecule has 0 bridgehead atoms. The van der Waals surface area contributed by atoms with Gasteiger partial charge in [0.25, 0.3) is 5.91 Å². The molecule has 4 N–H and O–H groups in total. The minimum Gasteiger partial charge on any atom is -0.479 e. The van der Waals surface area contributed by atoms with Crippen LogP contribution >= 0.6 is 0 Å². The lowest BCUT2D eigenvalue weighted by molar-refractivity contribution is -0.147. The van der Waals surface area contributed by atoms with Gasteiger partial charge in [0, 0.05) is 31.5 Å². The zero-order valence-electron chi connectivity index (χ0n) is 11.4. The van der Waals surface area contributed by atoms with E-state index in [0.29, 0.717) is 5.56 Å². The minimum absolute atomic E-state index is 0.0581. The number of hydrogen-bond acceptors (Lipinski definition) is 4. The molecule has 0 radical (unpaired) electrons. The zero-order chi connectivity index (χ0) is 15.7. The van der Waals surface area contributed by atoms with Crippen LogP contribution in [0.5, 0.6) is 0 Å². The summed E-state index contributed by atoms with van der Waals surface area (Å²) in [5.41, 5.74) is 0.516. The molecule has 1 atom stereocenters. The molecule has 2 amide bonds. The second kappa shape index (κ2) is 8.70. The molecule has 7 nitrogen and oxygen atoms in total. The molecule has 7 heteroatoms. The van der Waals surface area contributed by atoms with Crippen molar-refractivity contribution in [2.45, 2.75) is 18.9 Å². The minimum atomic E-state index is -1.48. The van der Waals surface area contributed by atoms with Crippen LogP contribution in [0.4, 0.5) is 0 Å². The van der Waals surface area contributed by atoms with Crippen LogP contribution in [0.3, 0.4) is 0 Å². The van der Waals surface area contributed by atoms with Crippen LogP contribution < -0.4 is 10.6 Å². The lowest BCUT2D eigenvalue weighted by atomic mass is 10.2. The molecule has 0 spiro atoms. The predicted molar refractivity (Wildman–Crippen MR) is 74.7 cm³/mol. The molecule has 0 saturated carbocycles. The number of hydrogen-bond donors (Lipinski definition) is 4. The molecule has 1 aromatic carbocycles. The molecule has 0 fully saturated rings. The maximum Gasteiger partial charge on any atom is 0.332 e. The van der Waals surface area contributed by atoms with Crippen molar-refractivity contribution in [3.8, 4) is 0 Å². The summed E-state index contributed by atoms with van der Waals surface area (Å²) in [6.45, 7) is 0.250. The third kappa shape index (κ3) is 6.53. The molecule has 21 heavy (non-hydrogen) atoms. The van der Waals surface area contributed by atoms with Gasteiger partial charge >= 0.3 is 5.97 Å². The van der Waals surface area contributed by atoms with Crippen molar-refractivity contribution in [1.29, 1.82) is 0 Å². The summed E-state index contributed by atoms with van der Waals surface area (Å²) in [4.78, 5) is 33.4. The first kappa shape index (κ1) is 16.6. The maximum absolute atomic E-state index is 11.7. The Kier molecular flexibility index (Phi) is 6.90. The number of benzene rings is 1. The Labute approximate surface area is 122 Å². The van der Waals surface area contributed by atoms with Crippen LogP contribution in [0.2, 0.25) is 0 Å². The van der Waals surface area contributed by atoms with Gasteiger partial charge in [-0.1, -0.05) is 18.2 Å². The fourth-order valence-electron chi connectivity index (χ4n) is 1.54. The van der Waals surface area contributed by atoms with Crippen molar-refractivity contribution < 1.29 is 24.6 Å². The van der Waals surface area contributed by atoms with Gasteiger partial charge in [0.2, 0.25) is 5.91 Å². The lowest BCUT2D eigenvalue weighted by Crippen LogP contribution is -2.33. The molecule has 0 aliphatic heterocycles. The van der Waals surface area contributed by atoms with Crippen molar-refractivity contribution in [3.05, 3.63) is 35.9 Å². The van der Waals surface area contributed by atoms with Crippen LogP contribution in [-0.2, 0) is 9.59 Å². The second-order valence-electron chi connectivity index (χ2n) is 4.36. The van der Waals surface area contributed by atoms with E-state index in [1.165, 1.54) is 0 Å². The molecule has 1 aromatic rings. The number of aliphatic carboxylic acids is 1. The molecule has 0 aliphatic rings. The molecule has 1 rings (SSSR count). The topological polar surface area (TPSA) is 116 Å². The molecule has 114 valence electrons. The second-order valence-corrected chi connectivity index (χ2v) is 4.36. The van der Waals surface area contributed by atoms with Crippen molar-refractivity contribution in [3.63, 3.8) is 0 Å². The van der Waals surface area contributed by atoms with Gasteiger partial charge in [-0.3, -0.25) is 9.59 Å². The van der Waals surface area contributed by atoms with Gasteiger partial charge in [-0.25, -0.2) is 4.79 Å². The van der Waals surface area contributed by atoms with Crippen LogP contribution in [0.15, 0.2) is 30.3 Å². The van der Waals surface area contributed by atoms with E-state index in [9.17, 15) is 14.4 Å². The molecule has 0 saturated heterocycles. The summed E-state index contributed by atoms with van der Waals surface area (Å²) in [6, 6.07) is 8.63. The van der Waals surface area contributed by atoms with E-state index >= 15 is 0 Å². The number of carboxylic acid groups (broad SMARTS) is 1. The highest BCUT2D eigenvalue weighted by atomic mass is 16.4. The molecule has 0 aliphatic carbocycles. The fourth-order valence-corrected chi connectivity index (χ4v) is 1.54. The normalized spacial score (nSPS) is 11.5. The largest absolute Gasteiger partial charge is 0.479 e. The Morgan fingerprint density at radius 3 is 2.33 bits per heavy atom. The van der Waals surface area contributed by atoms with E-state index < -0.39 is 12.1 Å². The summed E-state index contributed by atoms with van der Waals surface area (Å²) in [5.74, 6) is -1.90. The Hall–Kier alpha value is -2.41. The fraction of sp³-hybridized carbons (Fsp3) is 0.357. The van der Waals surface area contributed by atoms with Gasteiger partial charge in [-0.15, -0.1) is 0 Å². The van der Waals surface area contributed by atoms with Crippen molar-refractivity contribution in [2.75, 3.05) is 13.1 Å². The van der Waals surface area contributed by atoms with E-state index in [1.54, 1.807) is 30.3 Å². The van der Waals surface area contributed by atoms with Gasteiger partial charge in [0.05, 0.1) is 0 Å². The van der Waals surface area contributed by atoms with Gasteiger partial charge < -0.3 is 20.8 Å². The van der Waals surface area contributed by atoms with E-state index in [0.717, 1.165) is 0 Å². The number of carbonyl (C=O) groups excluding carboxylic acids is 2. The first-order chi connectivity index (χ1) is 10.0. The summed E-state index contributed by atoms with van der Waals surface area (Å²) in [6.07, 6.45) is -1.46. The van der Waals surface area contributed by atoms with Crippen LogP contribution in [0.1, 0.15) is 23.2 Å². The highest BCUT2D eigenvalue weighted by molar-refractivity contribution is 5.94. The zero-order valence-corrected chi connectivity index (χ0v) is 11.4. The van der Waals surface area contributed by atoms with Crippen molar-refractivity contribution in [2.24, 2.45) is 0 Å².